The third-order valence-corrected chi connectivity index (χ3v) is 6.15. The molecular weight excluding hydrogens is 314 g/mol. The first-order valence-corrected chi connectivity index (χ1v) is 9.71. The molecule has 4 heteroatoms. The quantitative estimate of drug-likeness (QED) is 0.751. The maximum atomic E-state index is 4.52. The van der Waals surface area contributed by atoms with Crippen LogP contribution in [0.5, 0.6) is 0 Å². The van der Waals surface area contributed by atoms with Gasteiger partial charge in [-0.15, -0.1) is 0 Å². The van der Waals surface area contributed by atoms with Gasteiger partial charge in [0, 0.05) is 50.1 Å². The average molecular weight is 340 g/mol. The van der Waals surface area contributed by atoms with Crippen molar-refractivity contribution in [1.82, 2.24) is 14.2 Å². The zero-order chi connectivity index (χ0) is 16.4. The lowest BCUT2D eigenvalue weighted by Gasteiger charge is -2.60. The van der Waals surface area contributed by atoms with Gasteiger partial charge < -0.3 is 0 Å². The lowest BCUT2D eigenvalue weighted by Crippen LogP contribution is -2.70. The lowest BCUT2D eigenvalue weighted by atomic mass is 9.74. The maximum Gasteiger partial charge on any atom is 0.0573 e. The second kappa shape index (κ2) is 6.87. The fourth-order valence-corrected chi connectivity index (χ4v) is 5.16. The molecular formula is C20H25N3S. The van der Waals surface area contributed by atoms with Crippen molar-refractivity contribution in [3.63, 3.8) is 0 Å². The van der Waals surface area contributed by atoms with Crippen molar-refractivity contribution >= 4 is 11.9 Å². The SMILES string of the molecule is Cc1cccnc1CN1CC2(C1)CN(SCCc1ccccc1)C2. The van der Waals surface area contributed by atoms with Crippen LogP contribution in [0.4, 0.5) is 0 Å². The van der Waals surface area contributed by atoms with Crippen LogP contribution < -0.4 is 0 Å². The van der Waals surface area contributed by atoms with Gasteiger partial charge >= 0.3 is 0 Å². The van der Waals surface area contributed by atoms with Gasteiger partial charge in [-0.2, -0.15) is 0 Å². The highest BCUT2D eigenvalue weighted by atomic mass is 32.2. The highest BCUT2D eigenvalue weighted by molar-refractivity contribution is 7.97. The molecule has 24 heavy (non-hydrogen) atoms. The minimum Gasteiger partial charge on any atom is -0.296 e. The van der Waals surface area contributed by atoms with Crippen LogP contribution in [0.15, 0.2) is 48.7 Å². The van der Waals surface area contributed by atoms with E-state index in [1.54, 1.807) is 0 Å². The van der Waals surface area contributed by atoms with Crippen LogP contribution in [0.3, 0.4) is 0 Å². The summed E-state index contributed by atoms with van der Waals surface area (Å²) in [4.78, 5) is 7.06. The second-order valence-electron chi connectivity index (χ2n) is 7.28. The van der Waals surface area contributed by atoms with E-state index in [2.05, 4.69) is 57.5 Å². The summed E-state index contributed by atoms with van der Waals surface area (Å²) < 4.78 is 2.55. The summed E-state index contributed by atoms with van der Waals surface area (Å²) in [5, 5.41) is 0. The Balaban J connectivity index is 1.16. The summed E-state index contributed by atoms with van der Waals surface area (Å²) in [7, 11) is 0. The van der Waals surface area contributed by atoms with Crippen molar-refractivity contribution in [1.29, 1.82) is 0 Å². The van der Waals surface area contributed by atoms with Gasteiger partial charge in [0.1, 0.15) is 0 Å². The van der Waals surface area contributed by atoms with Gasteiger partial charge in [0.05, 0.1) is 5.69 Å². The summed E-state index contributed by atoms with van der Waals surface area (Å²) in [6.07, 6.45) is 3.08. The molecule has 0 bridgehead atoms. The van der Waals surface area contributed by atoms with Crippen molar-refractivity contribution in [2.45, 2.75) is 19.9 Å². The van der Waals surface area contributed by atoms with E-state index in [-0.39, 0.29) is 0 Å². The van der Waals surface area contributed by atoms with E-state index < -0.39 is 0 Å². The van der Waals surface area contributed by atoms with E-state index in [0.717, 1.165) is 6.54 Å². The van der Waals surface area contributed by atoms with Crippen molar-refractivity contribution < 1.29 is 0 Å². The zero-order valence-corrected chi connectivity index (χ0v) is 15.1. The number of likely N-dealkylation sites (tertiary alicyclic amines) is 1. The molecule has 1 aromatic carbocycles. The third-order valence-electron chi connectivity index (χ3n) is 5.14. The molecule has 0 saturated carbocycles. The van der Waals surface area contributed by atoms with E-state index in [4.69, 9.17) is 0 Å². The number of hydrogen-bond donors (Lipinski definition) is 0. The van der Waals surface area contributed by atoms with E-state index in [9.17, 15) is 0 Å². The van der Waals surface area contributed by atoms with Gasteiger partial charge in [-0.1, -0.05) is 48.3 Å². The summed E-state index contributed by atoms with van der Waals surface area (Å²) in [5.41, 5.74) is 4.56. The van der Waals surface area contributed by atoms with Crippen molar-refractivity contribution in [3.05, 3.63) is 65.5 Å². The molecule has 2 saturated heterocycles. The molecule has 0 amide bonds. The Kier molecular flexibility index (Phi) is 4.61. The number of pyridine rings is 1. The smallest absolute Gasteiger partial charge is 0.0573 e. The number of aromatic nitrogens is 1. The van der Waals surface area contributed by atoms with Gasteiger partial charge in [0.15, 0.2) is 0 Å². The molecule has 2 aliphatic heterocycles. The van der Waals surface area contributed by atoms with Gasteiger partial charge in [0.25, 0.3) is 0 Å². The fraction of sp³-hybridized carbons (Fsp3) is 0.450. The summed E-state index contributed by atoms with van der Waals surface area (Å²) >= 11 is 2.02. The average Bonchev–Trinajstić information content (AvgIpc) is 2.53. The van der Waals surface area contributed by atoms with E-state index in [0.29, 0.717) is 5.41 Å². The van der Waals surface area contributed by atoms with Crippen molar-refractivity contribution in [2.75, 3.05) is 31.9 Å². The predicted octanol–water partition coefficient (Wildman–Crippen LogP) is 3.40. The topological polar surface area (TPSA) is 19.4 Å². The molecule has 0 atom stereocenters. The molecule has 4 rings (SSSR count). The molecule has 0 radical (unpaired) electrons. The first-order valence-electron chi connectivity index (χ1n) is 8.77. The van der Waals surface area contributed by atoms with Crippen LogP contribution in [-0.4, -0.2) is 46.1 Å². The standard InChI is InChI=1S/C20H25N3S/c1-17-6-5-10-21-19(17)12-22-13-20(14-22)15-23(16-20)24-11-9-18-7-3-2-4-8-18/h2-8,10H,9,11-16H2,1H3. The van der Waals surface area contributed by atoms with E-state index in [1.807, 2.05) is 24.2 Å². The molecule has 1 aromatic heterocycles. The second-order valence-corrected chi connectivity index (χ2v) is 8.46. The summed E-state index contributed by atoms with van der Waals surface area (Å²) in [6.45, 7) is 8.15. The minimum absolute atomic E-state index is 0.572. The molecule has 3 heterocycles. The molecule has 3 nitrogen and oxygen atoms in total. The lowest BCUT2D eigenvalue weighted by molar-refractivity contribution is -0.0816. The van der Waals surface area contributed by atoms with Crippen LogP contribution in [-0.2, 0) is 13.0 Å². The number of aryl methyl sites for hydroxylation is 2. The predicted molar refractivity (Wildman–Crippen MR) is 101 cm³/mol. The normalized spacial score (nSPS) is 19.9. The molecule has 1 spiro atoms. The van der Waals surface area contributed by atoms with Crippen LogP contribution in [0.1, 0.15) is 16.8 Å². The van der Waals surface area contributed by atoms with Gasteiger partial charge in [-0.25, -0.2) is 4.31 Å². The molecule has 0 aliphatic carbocycles. The fourth-order valence-electron chi connectivity index (χ4n) is 3.84. The molecule has 126 valence electrons. The minimum atomic E-state index is 0.572. The number of nitrogens with zero attached hydrogens (tertiary/aromatic N) is 3. The first kappa shape index (κ1) is 16.1. The largest absolute Gasteiger partial charge is 0.296 e. The van der Waals surface area contributed by atoms with E-state index in [1.165, 1.54) is 55.2 Å². The Hall–Kier alpha value is -1.36. The van der Waals surface area contributed by atoms with Crippen LogP contribution in [0.2, 0.25) is 0 Å². The molecule has 2 fully saturated rings. The number of benzene rings is 1. The Morgan fingerprint density at radius 2 is 1.83 bits per heavy atom. The number of hydrogen-bond acceptors (Lipinski definition) is 4. The highest BCUT2D eigenvalue weighted by Crippen LogP contribution is 2.43. The van der Waals surface area contributed by atoms with Crippen LogP contribution >= 0.6 is 11.9 Å². The molecule has 2 aromatic rings. The highest BCUT2D eigenvalue weighted by Gasteiger charge is 2.51. The first-order chi connectivity index (χ1) is 11.7. The number of rotatable bonds is 6. The maximum absolute atomic E-state index is 4.52. The van der Waals surface area contributed by atoms with Crippen LogP contribution in [0, 0.1) is 12.3 Å². The molecule has 0 N–H and O–H groups in total. The third kappa shape index (κ3) is 3.51. The van der Waals surface area contributed by atoms with Gasteiger partial charge in [-0.05, 0) is 30.5 Å². The Labute approximate surface area is 149 Å². The Morgan fingerprint density at radius 3 is 2.58 bits per heavy atom. The summed E-state index contributed by atoms with van der Waals surface area (Å²) in [6, 6.07) is 15.0. The Bertz CT molecular complexity index is 674. The van der Waals surface area contributed by atoms with Gasteiger partial charge in [0.2, 0.25) is 0 Å². The van der Waals surface area contributed by atoms with Crippen molar-refractivity contribution in [2.24, 2.45) is 5.41 Å². The zero-order valence-electron chi connectivity index (χ0n) is 14.3. The van der Waals surface area contributed by atoms with Gasteiger partial charge in [-0.3, -0.25) is 9.88 Å². The Morgan fingerprint density at radius 1 is 1.04 bits per heavy atom. The molecule has 2 aliphatic rings. The van der Waals surface area contributed by atoms with Crippen molar-refractivity contribution in [3.8, 4) is 0 Å². The van der Waals surface area contributed by atoms with Crippen LogP contribution in [0.25, 0.3) is 0 Å². The van der Waals surface area contributed by atoms with E-state index >= 15 is 0 Å². The summed E-state index contributed by atoms with van der Waals surface area (Å²) in [5.74, 6) is 1.19. The monoisotopic (exact) mass is 339 g/mol. The molecule has 0 unspecified atom stereocenters.